The number of carbonyl (C=O) groups excluding carboxylic acids is 1. The monoisotopic (exact) mass is 278 g/mol. The van der Waals surface area contributed by atoms with E-state index in [1.807, 2.05) is 24.3 Å². The lowest BCUT2D eigenvalue weighted by molar-refractivity contribution is -0.117. The molecule has 1 saturated heterocycles. The van der Waals surface area contributed by atoms with Crippen LogP contribution in [0.4, 0.5) is 5.69 Å². The van der Waals surface area contributed by atoms with Crippen LogP contribution < -0.4 is 5.32 Å². The molecule has 5 nitrogen and oxygen atoms in total. The number of β-amino-alcohol motifs (C(OH)–C–C–N with tert-alkyl or cyclic N) is 2. The molecule has 0 saturated carbocycles. The van der Waals surface area contributed by atoms with Crippen molar-refractivity contribution in [3.05, 3.63) is 29.8 Å². The Morgan fingerprint density at radius 2 is 1.90 bits per heavy atom. The minimum absolute atomic E-state index is 0.126. The topological polar surface area (TPSA) is 72.8 Å². The van der Waals surface area contributed by atoms with Crippen LogP contribution in [-0.2, 0) is 4.79 Å². The fraction of sp³-hybridized carbons (Fsp3) is 0.533. The van der Waals surface area contributed by atoms with Crippen molar-refractivity contribution in [2.24, 2.45) is 0 Å². The predicted octanol–water partition coefficient (Wildman–Crippen LogP) is 0.786. The van der Waals surface area contributed by atoms with E-state index in [2.05, 4.69) is 19.2 Å². The van der Waals surface area contributed by atoms with Crippen LogP contribution in [0.5, 0.6) is 0 Å². The molecule has 1 fully saturated rings. The summed E-state index contributed by atoms with van der Waals surface area (Å²) in [6, 6.07) is 7.74. The molecule has 2 atom stereocenters. The molecule has 20 heavy (non-hydrogen) atoms. The zero-order chi connectivity index (χ0) is 14.7. The van der Waals surface area contributed by atoms with Gasteiger partial charge in [0.15, 0.2) is 0 Å². The molecule has 0 spiro atoms. The first-order chi connectivity index (χ1) is 9.47. The summed E-state index contributed by atoms with van der Waals surface area (Å²) in [6.07, 6.45) is -1.52. The third-order valence-corrected chi connectivity index (χ3v) is 3.56. The molecule has 0 aromatic heterocycles. The number of aliphatic hydroxyl groups is 2. The highest BCUT2D eigenvalue weighted by molar-refractivity contribution is 5.93. The van der Waals surface area contributed by atoms with Gasteiger partial charge in [0.25, 0.3) is 0 Å². The number of nitrogens with one attached hydrogen (secondary N) is 1. The number of hydrogen-bond donors (Lipinski definition) is 3. The zero-order valence-corrected chi connectivity index (χ0v) is 11.9. The summed E-state index contributed by atoms with van der Waals surface area (Å²) in [5.74, 6) is 0.210. The first-order valence-electron chi connectivity index (χ1n) is 6.94. The average molecular weight is 278 g/mol. The molecular formula is C15H22N2O3. The Bertz CT molecular complexity index is 466. The predicted molar refractivity (Wildman–Crippen MR) is 77.6 cm³/mol. The van der Waals surface area contributed by atoms with Gasteiger partial charge < -0.3 is 15.5 Å². The number of para-hydroxylation sites is 1. The van der Waals surface area contributed by atoms with E-state index < -0.39 is 12.2 Å². The molecule has 1 aliphatic rings. The van der Waals surface area contributed by atoms with Gasteiger partial charge in [0.2, 0.25) is 5.91 Å². The minimum Gasteiger partial charge on any atom is -0.389 e. The number of aliphatic hydroxyl groups excluding tert-OH is 2. The van der Waals surface area contributed by atoms with Crippen LogP contribution >= 0.6 is 0 Å². The van der Waals surface area contributed by atoms with Crippen molar-refractivity contribution in [2.45, 2.75) is 32.0 Å². The maximum atomic E-state index is 12.0. The largest absolute Gasteiger partial charge is 0.389 e. The Labute approximate surface area is 119 Å². The van der Waals surface area contributed by atoms with Crippen LogP contribution in [-0.4, -0.2) is 52.9 Å². The standard InChI is InChI=1S/C15H22N2O3/c1-10(2)11-5-3-4-6-12(11)16-15(20)9-17-7-13(18)14(19)8-17/h3-6,10,13-14,18-19H,7-9H2,1-2H3,(H,16,20). The molecule has 2 unspecified atom stereocenters. The Morgan fingerprint density at radius 3 is 2.50 bits per heavy atom. The SMILES string of the molecule is CC(C)c1ccccc1NC(=O)CN1CC(O)C(O)C1. The van der Waals surface area contributed by atoms with E-state index in [1.54, 1.807) is 4.90 Å². The van der Waals surface area contributed by atoms with Gasteiger partial charge in [-0.2, -0.15) is 0 Å². The quantitative estimate of drug-likeness (QED) is 0.761. The van der Waals surface area contributed by atoms with Gasteiger partial charge in [-0.15, -0.1) is 0 Å². The highest BCUT2D eigenvalue weighted by Gasteiger charge is 2.30. The number of nitrogens with zero attached hydrogens (tertiary/aromatic N) is 1. The summed E-state index contributed by atoms with van der Waals surface area (Å²) in [6.45, 7) is 5.01. The summed E-state index contributed by atoms with van der Waals surface area (Å²) in [4.78, 5) is 13.8. The van der Waals surface area contributed by atoms with Crippen molar-refractivity contribution < 1.29 is 15.0 Å². The molecule has 1 amide bonds. The minimum atomic E-state index is -0.759. The summed E-state index contributed by atoms with van der Waals surface area (Å²) in [5.41, 5.74) is 1.93. The fourth-order valence-corrected chi connectivity index (χ4v) is 2.48. The Hall–Kier alpha value is -1.43. The normalized spacial score (nSPS) is 23.2. The van der Waals surface area contributed by atoms with E-state index in [4.69, 9.17) is 0 Å². The molecule has 0 aliphatic carbocycles. The number of amides is 1. The molecule has 1 aromatic rings. The van der Waals surface area contributed by atoms with Crippen LogP contribution in [0.15, 0.2) is 24.3 Å². The summed E-state index contributed by atoms with van der Waals surface area (Å²) < 4.78 is 0. The molecule has 2 rings (SSSR count). The number of likely N-dealkylation sites (tertiary alicyclic amines) is 1. The van der Waals surface area contributed by atoms with Gasteiger partial charge in [0.05, 0.1) is 18.8 Å². The van der Waals surface area contributed by atoms with Gasteiger partial charge in [0, 0.05) is 18.8 Å². The molecule has 110 valence electrons. The van der Waals surface area contributed by atoms with E-state index in [0.29, 0.717) is 19.0 Å². The summed E-state index contributed by atoms with van der Waals surface area (Å²) in [7, 11) is 0. The fourth-order valence-electron chi connectivity index (χ4n) is 2.48. The number of carbonyl (C=O) groups is 1. The average Bonchev–Trinajstić information content (AvgIpc) is 2.68. The van der Waals surface area contributed by atoms with Crippen molar-refractivity contribution in [2.75, 3.05) is 25.0 Å². The maximum Gasteiger partial charge on any atom is 0.238 e. The van der Waals surface area contributed by atoms with E-state index in [0.717, 1.165) is 11.3 Å². The third-order valence-electron chi connectivity index (χ3n) is 3.56. The Morgan fingerprint density at radius 1 is 1.30 bits per heavy atom. The van der Waals surface area contributed by atoms with Crippen molar-refractivity contribution in [3.8, 4) is 0 Å². The molecule has 0 bridgehead atoms. The molecule has 3 N–H and O–H groups in total. The second-order valence-electron chi connectivity index (χ2n) is 5.62. The smallest absolute Gasteiger partial charge is 0.238 e. The van der Waals surface area contributed by atoms with Gasteiger partial charge in [-0.1, -0.05) is 32.0 Å². The van der Waals surface area contributed by atoms with E-state index in [-0.39, 0.29) is 12.5 Å². The van der Waals surface area contributed by atoms with Crippen molar-refractivity contribution >= 4 is 11.6 Å². The van der Waals surface area contributed by atoms with Gasteiger partial charge in [0.1, 0.15) is 0 Å². The summed E-state index contributed by atoms with van der Waals surface area (Å²) >= 11 is 0. The molecule has 1 heterocycles. The number of hydrogen-bond acceptors (Lipinski definition) is 4. The van der Waals surface area contributed by atoms with Crippen molar-refractivity contribution in [1.29, 1.82) is 0 Å². The number of rotatable bonds is 4. The maximum absolute atomic E-state index is 12.0. The van der Waals surface area contributed by atoms with E-state index in [1.165, 1.54) is 0 Å². The number of anilines is 1. The molecule has 1 aliphatic heterocycles. The molecule has 0 radical (unpaired) electrons. The summed E-state index contributed by atoms with van der Waals surface area (Å²) in [5, 5.41) is 21.8. The Balaban J connectivity index is 1.95. The number of benzene rings is 1. The highest BCUT2D eigenvalue weighted by atomic mass is 16.3. The van der Waals surface area contributed by atoms with Gasteiger partial charge in [-0.3, -0.25) is 9.69 Å². The molecule has 1 aromatic carbocycles. The van der Waals surface area contributed by atoms with Crippen molar-refractivity contribution in [1.82, 2.24) is 4.90 Å². The third kappa shape index (κ3) is 3.56. The lowest BCUT2D eigenvalue weighted by Crippen LogP contribution is -2.32. The van der Waals surface area contributed by atoms with Gasteiger partial charge in [-0.25, -0.2) is 0 Å². The second-order valence-corrected chi connectivity index (χ2v) is 5.62. The zero-order valence-electron chi connectivity index (χ0n) is 11.9. The van der Waals surface area contributed by atoms with E-state index >= 15 is 0 Å². The first kappa shape index (κ1) is 15.0. The van der Waals surface area contributed by atoms with Crippen LogP contribution in [0, 0.1) is 0 Å². The van der Waals surface area contributed by atoms with Crippen LogP contribution in [0.2, 0.25) is 0 Å². The lowest BCUT2D eigenvalue weighted by atomic mass is 10.0. The van der Waals surface area contributed by atoms with E-state index in [9.17, 15) is 15.0 Å². The lowest BCUT2D eigenvalue weighted by Gasteiger charge is -2.17. The highest BCUT2D eigenvalue weighted by Crippen LogP contribution is 2.23. The second kappa shape index (κ2) is 6.35. The molecule has 5 heteroatoms. The van der Waals surface area contributed by atoms with Crippen LogP contribution in [0.25, 0.3) is 0 Å². The van der Waals surface area contributed by atoms with Gasteiger partial charge >= 0.3 is 0 Å². The Kier molecular flexibility index (Phi) is 4.75. The van der Waals surface area contributed by atoms with Crippen LogP contribution in [0.3, 0.4) is 0 Å². The van der Waals surface area contributed by atoms with Crippen LogP contribution in [0.1, 0.15) is 25.3 Å². The van der Waals surface area contributed by atoms with Gasteiger partial charge in [-0.05, 0) is 17.5 Å². The first-order valence-corrected chi connectivity index (χ1v) is 6.94. The molecular weight excluding hydrogens is 256 g/mol. The van der Waals surface area contributed by atoms with Crippen molar-refractivity contribution in [3.63, 3.8) is 0 Å².